The van der Waals surface area contributed by atoms with E-state index < -0.39 is 0 Å². The Labute approximate surface area is 85.3 Å². The van der Waals surface area contributed by atoms with Crippen molar-refractivity contribution in [1.82, 2.24) is 4.90 Å². The molecule has 1 aliphatic rings. The van der Waals surface area contributed by atoms with Crippen LogP contribution < -0.4 is 5.90 Å². The van der Waals surface area contributed by atoms with Crippen molar-refractivity contribution in [2.75, 3.05) is 13.1 Å². The van der Waals surface area contributed by atoms with Gasteiger partial charge < -0.3 is 4.90 Å². The van der Waals surface area contributed by atoms with Crippen LogP contribution in [-0.4, -0.2) is 30.0 Å². The van der Waals surface area contributed by atoms with Crippen molar-refractivity contribution in [2.45, 2.75) is 39.7 Å². The van der Waals surface area contributed by atoms with Crippen LogP contribution in [0.2, 0.25) is 0 Å². The van der Waals surface area contributed by atoms with Crippen molar-refractivity contribution in [1.29, 1.82) is 0 Å². The molecule has 82 valence electrons. The molecule has 1 rings (SSSR count). The minimum Gasteiger partial charge on any atom is -0.340 e. The summed E-state index contributed by atoms with van der Waals surface area (Å²) in [7, 11) is 0. The number of hydrogen-bond acceptors (Lipinski definition) is 3. The Morgan fingerprint density at radius 2 is 2.14 bits per heavy atom. The molecule has 0 aliphatic carbocycles. The van der Waals surface area contributed by atoms with Crippen LogP contribution in [0.4, 0.5) is 0 Å². The first-order valence-corrected chi connectivity index (χ1v) is 5.10. The van der Waals surface area contributed by atoms with Gasteiger partial charge >= 0.3 is 0 Å². The molecule has 0 aromatic rings. The molecule has 14 heavy (non-hydrogen) atoms. The molecule has 0 spiro atoms. The Bertz CT molecular complexity index is 211. The Morgan fingerprint density at radius 1 is 1.50 bits per heavy atom. The van der Waals surface area contributed by atoms with Crippen LogP contribution in [0.1, 0.15) is 33.6 Å². The van der Waals surface area contributed by atoms with Gasteiger partial charge in [-0.25, -0.2) is 5.90 Å². The summed E-state index contributed by atoms with van der Waals surface area (Å²) in [5.74, 6) is 5.32. The average Bonchev–Trinajstić information content (AvgIpc) is 2.15. The van der Waals surface area contributed by atoms with E-state index in [-0.39, 0.29) is 17.4 Å². The van der Waals surface area contributed by atoms with Crippen LogP contribution in [0.15, 0.2) is 0 Å². The first-order chi connectivity index (χ1) is 6.45. The summed E-state index contributed by atoms with van der Waals surface area (Å²) in [6, 6.07) is 0. The molecule has 4 heteroatoms. The average molecular weight is 200 g/mol. The predicted octanol–water partition coefficient (Wildman–Crippen LogP) is 0.914. The standard InChI is InChI=1S/C10H20N2O2/c1-10(2,3)9(13)12-6-4-5-8(7-12)14-11/h8H,4-7,11H2,1-3H3. The lowest BCUT2D eigenvalue weighted by Gasteiger charge is -2.35. The fourth-order valence-corrected chi connectivity index (χ4v) is 1.71. The maximum absolute atomic E-state index is 11.9. The quantitative estimate of drug-likeness (QED) is 0.640. The number of carbonyl (C=O) groups is 1. The topological polar surface area (TPSA) is 55.6 Å². The van der Waals surface area contributed by atoms with E-state index in [9.17, 15) is 4.79 Å². The maximum atomic E-state index is 11.9. The number of hydrogen-bond donors (Lipinski definition) is 1. The summed E-state index contributed by atoms with van der Waals surface area (Å²) in [6.07, 6.45) is 1.93. The third-order valence-electron chi connectivity index (χ3n) is 2.50. The van der Waals surface area contributed by atoms with Crippen molar-refractivity contribution in [2.24, 2.45) is 11.3 Å². The summed E-state index contributed by atoms with van der Waals surface area (Å²) in [6.45, 7) is 7.26. The summed E-state index contributed by atoms with van der Waals surface area (Å²) in [4.78, 5) is 18.5. The number of nitrogens with two attached hydrogens (primary N) is 1. The SMILES string of the molecule is CC(C)(C)C(=O)N1CCCC(ON)C1. The number of likely N-dealkylation sites (tertiary alicyclic amines) is 1. The molecule has 1 aliphatic heterocycles. The van der Waals surface area contributed by atoms with Gasteiger partial charge in [0.2, 0.25) is 5.91 Å². The molecule has 1 saturated heterocycles. The normalized spacial score (nSPS) is 23.7. The van der Waals surface area contributed by atoms with Crippen LogP contribution in [0.3, 0.4) is 0 Å². The highest BCUT2D eigenvalue weighted by molar-refractivity contribution is 5.81. The van der Waals surface area contributed by atoms with Crippen LogP contribution >= 0.6 is 0 Å². The number of amides is 1. The van der Waals surface area contributed by atoms with E-state index in [0.717, 1.165) is 19.4 Å². The number of carbonyl (C=O) groups excluding carboxylic acids is 1. The molecule has 1 unspecified atom stereocenters. The Kier molecular flexibility index (Phi) is 3.50. The van der Waals surface area contributed by atoms with Crippen LogP contribution in [-0.2, 0) is 9.63 Å². The molecule has 0 aromatic carbocycles. The molecule has 1 fully saturated rings. The monoisotopic (exact) mass is 200 g/mol. The van der Waals surface area contributed by atoms with E-state index in [1.807, 2.05) is 25.7 Å². The summed E-state index contributed by atoms with van der Waals surface area (Å²) in [5.41, 5.74) is -0.309. The molecular weight excluding hydrogens is 180 g/mol. The number of piperidine rings is 1. The Morgan fingerprint density at radius 3 is 2.64 bits per heavy atom. The Hall–Kier alpha value is -0.610. The minimum atomic E-state index is -0.309. The van der Waals surface area contributed by atoms with E-state index >= 15 is 0 Å². The molecule has 2 N–H and O–H groups in total. The minimum absolute atomic E-state index is 0.00931. The van der Waals surface area contributed by atoms with Crippen LogP contribution in [0, 0.1) is 5.41 Å². The van der Waals surface area contributed by atoms with Gasteiger partial charge in [0.15, 0.2) is 0 Å². The predicted molar refractivity (Wildman–Crippen MR) is 54.3 cm³/mol. The number of nitrogens with zero attached hydrogens (tertiary/aromatic N) is 1. The Balaban J connectivity index is 2.56. The van der Waals surface area contributed by atoms with Crippen molar-refractivity contribution in [3.63, 3.8) is 0 Å². The van der Waals surface area contributed by atoms with E-state index in [1.54, 1.807) is 0 Å². The van der Waals surface area contributed by atoms with Gasteiger partial charge in [-0.3, -0.25) is 9.63 Å². The highest BCUT2D eigenvalue weighted by Crippen LogP contribution is 2.21. The lowest BCUT2D eigenvalue weighted by molar-refractivity contribution is -0.143. The van der Waals surface area contributed by atoms with Gasteiger partial charge in [-0.1, -0.05) is 20.8 Å². The third-order valence-corrected chi connectivity index (χ3v) is 2.50. The van der Waals surface area contributed by atoms with Crippen molar-refractivity contribution in [3.05, 3.63) is 0 Å². The summed E-state index contributed by atoms with van der Waals surface area (Å²) in [5, 5.41) is 0. The van der Waals surface area contributed by atoms with Gasteiger partial charge in [0.25, 0.3) is 0 Å². The molecule has 1 amide bonds. The van der Waals surface area contributed by atoms with Gasteiger partial charge in [-0.2, -0.15) is 0 Å². The zero-order chi connectivity index (χ0) is 10.8. The second-order valence-electron chi connectivity index (χ2n) is 4.90. The molecular formula is C10H20N2O2. The van der Waals surface area contributed by atoms with Gasteiger partial charge in [0, 0.05) is 18.5 Å². The molecule has 0 aromatic heterocycles. The molecule has 1 heterocycles. The van der Waals surface area contributed by atoms with Crippen molar-refractivity contribution < 1.29 is 9.63 Å². The van der Waals surface area contributed by atoms with Gasteiger partial charge in [-0.15, -0.1) is 0 Å². The second kappa shape index (κ2) is 4.28. The smallest absolute Gasteiger partial charge is 0.228 e. The molecule has 1 atom stereocenters. The lowest BCUT2D eigenvalue weighted by atomic mass is 9.93. The van der Waals surface area contributed by atoms with E-state index in [2.05, 4.69) is 0 Å². The van der Waals surface area contributed by atoms with Gasteiger partial charge in [0.05, 0.1) is 6.10 Å². The van der Waals surface area contributed by atoms with Gasteiger partial charge in [-0.05, 0) is 12.8 Å². The fourth-order valence-electron chi connectivity index (χ4n) is 1.71. The second-order valence-corrected chi connectivity index (χ2v) is 4.90. The molecule has 0 saturated carbocycles. The highest BCUT2D eigenvalue weighted by Gasteiger charge is 2.30. The zero-order valence-corrected chi connectivity index (χ0v) is 9.25. The molecule has 0 bridgehead atoms. The third kappa shape index (κ3) is 2.69. The van der Waals surface area contributed by atoms with Crippen LogP contribution in [0.5, 0.6) is 0 Å². The summed E-state index contributed by atoms with van der Waals surface area (Å²) >= 11 is 0. The fraction of sp³-hybridized carbons (Fsp3) is 0.900. The highest BCUT2D eigenvalue weighted by atomic mass is 16.6. The largest absolute Gasteiger partial charge is 0.340 e. The first-order valence-electron chi connectivity index (χ1n) is 5.10. The van der Waals surface area contributed by atoms with E-state index in [0.29, 0.717) is 6.54 Å². The summed E-state index contributed by atoms with van der Waals surface area (Å²) < 4.78 is 0. The number of rotatable bonds is 1. The van der Waals surface area contributed by atoms with Crippen molar-refractivity contribution in [3.8, 4) is 0 Å². The van der Waals surface area contributed by atoms with Gasteiger partial charge in [0.1, 0.15) is 0 Å². The molecule has 0 radical (unpaired) electrons. The van der Waals surface area contributed by atoms with E-state index in [4.69, 9.17) is 10.7 Å². The van der Waals surface area contributed by atoms with Crippen molar-refractivity contribution >= 4 is 5.91 Å². The van der Waals surface area contributed by atoms with E-state index in [1.165, 1.54) is 0 Å². The molecule has 4 nitrogen and oxygen atoms in total. The lowest BCUT2D eigenvalue weighted by Crippen LogP contribution is -2.48. The zero-order valence-electron chi connectivity index (χ0n) is 9.25. The van der Waals surface area contributed by atoms with Crippen LogP contribution in [0.25, 0.3) is 0 Å². The maximum Gasteiger partial charge on any atom is 0.228 e. The first kappa shape index (κ1) is 11.5.